The summed E-state index contributed by atoms with van der Waals surface area (Å²) >= 11 is 3.78. The molecule has 178 valence electrons. The fraction of sp³-hybridized carbons (Fsp3) is 0.586. The van der Waals surface area contributed by atoms with E-state index < -0.39 is 0 Å². The molecule has 3 N–H and O–H groups in total. The highest BCUT2D eigenvalue weighted by Gasteiger charge is 2.42. The average molecular weight is 502 g/mol. The Bertz CT molecular complexity index is 829. The Labute approximate surface area is 205 Å². The number of fused-ring (bicyclic) bond motifs is 3. The minimum Gasteiger partial charge on any atom is -0.372 e. The Kier molecular flexibility index (Phi) is 10.8. The molecule has 0 atom stereocenters. The zero-order valence-electron chi connectivity index (χ0n) is 21.0. The van der Waals surface area contributed by atoms with E-state index in [0.29, 0.717) is 0 Å². The number of halogens is 1. The van der Waals surface area contributed by atoms with Crippen LogP contribution in [-0.2, 0) is 5.41 Å². The summed E-state index contributed by atoms with van der Waals surface area (Å²) in [6, 6.07) is 14.4. The Morgan fingerprint density at radius 3 is 1.72 bits per heavy atom. The molecule has 3 rings (SSSR count). The molecule has 32 heavy (non-hydrogen) atoms. The van der Waals surface area contributed by atoms with Crippen LogP contribution in [0.2, 0.25) is 0 Å². The van der Waals surface area contributed by atoms with E-state index in [2.05, 4.69) is 84.9 Å². The molecule has 0 unspecified atom stereocenters. The van der Waals surface area contributed by atoms with E-state index in [4.69, 9.17) is 0 Å². The van der Waals surface area contributed by atoms with Crippen molar-refractivity contribution in [2.75, 3.05) is 18.0 Å². The molecule has 0 bridgehead atoms. The van der Waals surface area contributed by atoms with Crippen LogP contribution in [0.4, 0.5) is 5.69 Å². The molecule has 0 saturated heterocycles. The summed E-state index contributed by atoms with van der Waals surface area (Å²) < 4.78 is 1.21. The first-order valence-corrected chi connectivity index (χ1v) is 13.6. The molecule has 3 heteroatoms. The van der Waals surface area contributed by atoms with Crippen molar-refractivity contribution in [2.45, 2.75) is 97.3 Å². The predicted octanol–water partition coefficient (Wildman–Crippen LogP) is 9.66. The number of unbranched alkanes of at least 4 members (excludes halogenated alkanes) is 4. The van der Waals surface area contributed by atoms with Gasteiger partial charge in [0.2, 0.25) is 0 Å². The van der Waals surface area contributed by atoms with Crippen LogP contribution in [0.3, 0.4) is 0 Å². The number of rotatable bonds is 13. The summed E-state index contributed by atoms with van der Waals surface area (Å²) in [5.41, 5.74) is 7.69. The van der Waals surface area contributed by atoms with Crippen molar-refractivity contribution in [3.63, 3.8) is 0 Å². The first-order chi connectivity index (χ1) is 15.1. The van der Waals surface area contributed by atoms with Gasteiger partial charge in [-0.2, -0.15) is 0 Å². The van der Waals surface area contributed by atoms with Crippen LogP contribution < -0.4 is 11.1 Å². The Balaban J connectivity index is 0.00000363. The van der Waals surface area contributed by atoms with Gasteiger partial charge in [0.1, 0.15) is 0 Å². The maximum Gasteiger partial charge on any atom is 0.0369 e. The Morgan fingerprint density at radius 1 is 0.688 bits per heavy atom. The third kappa shape index (κ3) is 5.59. The zero-order valence-corrected chi connectivity index (χ0v) is 22.6. The molecule has 2 aromatic rings. The van der Waals surface area contributed by atoms with Gasteiger partial charge in [0.15, 0.2) is 0 Å². The second-order valence-corrected chi connectivity index (χ2v) is 10.3. The monoisotopic (exact) mass is 500 g/mol. The van der Waals surface area contributed by atoms with E-state index >= 15 is 0 Å². The van der Waals surface area contributed by atoms with Crippen molar-refractivity contribution < 1.29 is 0 Å². The second kappa shape index (κ2) is 12.8. The van der Waals surface area contributed by atoms with E-state index in [0.717, 1.165) is 0 Å². The van der Waals surface area contributed by atoms with E-state index in [-0.39, 0.29) is 11.6 Å². The summed E-state index contributed by atoms with van der Waals surface area (Å²) in [7, 11) is 0. The summed E-state index contributed by atoms with van der Waals surface area (Å²) in [5, 5.41) is 0. The molecule has 1 aliphatic rings. The maximum atomic E-state index is 3.78. The lowest BCUT2D eigenvalue weighted by atomic mass is 9.71. The Hall–Kier alpha value is -1.32. The normalized spacial score (nSPS) is 13.4. The average Bonchev–Trinajstić information content (AvgIpc) is 3.05. The standard InChI is InChI=1S/C29H42BrN.H3N/c1-5-9-17-29(18-10-6-2)27-21-23(30)13-15-25(27)26-16-14-24(22-28(26)29)31(19-11-7-3)20-12-8-4;/h13-16,21-22H,5-12,17-20H2,1-4H3;1H3. The molecule has 0 heterocycles. The minimum atomic E-state index is 0. The predicted molar refractivity (Wildman–Crippen MR) is 146 cm³/mol. The molecule has 0 aromatic heterocycles. The van der Waals surface area contributed by atoms with Crippen LogP contribution in [-0.4, -0.2) is 13.1 Å². The van der Waals surface area contributed by atoms with Crippen molar-refractivity contribution in [1.29, 1.82) is 0 Å². The molecule has 0 radical (unpaired) electrons. The molecule has 0 spiro atoms. The number of nitrogens with zero attached hydrogens (tertiary/aromatic N) is 1. The van der Waals surface area contributed by atoms with Crippen LogP contribution in [0.5, 0.6) is 0 Å². The van der Waals surface area contributed by atoms with Gasteiger partial charge in [-0.3, -0.25) is 0 Å². The van der Waals surface area contributed by atoms with Crippen LogP contribution in [0.25, 0.3) is 11.1 Å². The largest absolute Gasteiger partial charge is 0.372 e. The van der Waals surface area contributed by atoms with Gasteiger partial charge in [-0.15, -0.1) is 0 Å². The van der Waals surface area contributed by atoms with Gasteiger partial charge in [0.05, 0.1) is 0 Å². The van der Waals surface area contributed by atoms with Crippen LogP contribution in [0.15, 0.2) is 40.9 Å². The zero-order chi connectivity index (χ0) is 22.3. The lowest BCUT2D eigenvalue weighted by Gasteiger charge is -2.34. The van der Waals surface area contributed by atoms with Crippen LogP contribution >= 0.6 is 15.9 Å². The van der Waals surface area contributed by atoms with Gasteiger partial charge in [-0.05, 0) is 72.2 Å². The lowest BCUT2D eigenvalue weighted by Crippen LogP contribution is -2.28. The van der Waals surface area contributed by atoms with Gasteiger partial charge < -0.3 is 11.1 Å². The molecule has 0 amide bonds. The summed E-state index contributed by atoms with van der Waals surface area (Å²) in [6.45, 7) is 11.6. The number of anilines is 1. The number of hydrogen-bond donors (Lipinski definition) is 1. The van der Waals surface area contributed by atoms with Crippen molar-refractivity contribution >= 4 is 21.6 Å². The molecule has 1 aliphatic carbocycles. The topological polar surface area (TPSA) is 38.2 Å². The molecule has 0 fully saturated rings. The van der Waals surface area contributed by atoms with Gasteiger partial charge in [-0.25, -0.2) is 0 Å². The van der Waals surface area contributed by atoms with Crippen molar-refractivity contribution in [1.82, 2.24) is 6.15 Å². The third-order valence-electron chi connectivity index (χ3n) is 7.15. The van der Waals surface area contributed by atoms with Crippen molar-refractivity contribution in [3.05, 3.63) is 52.0 Å². The van der Waals surface area contributed by atoms with Gasteiger partial charge in [0.25, 0.3) is 0 Å². The van der Waals surface area contributed by atoms with Crippen LogP contribution in [0.1, 0.15) is 103 Å². The highest BCUT2D eigenvalue weighted by Crippen LogP contribution is 2.55. The molecule has 0 saturated carbocycles. The highest BCUT2D eigenvalue weighted by atomic mass is 79.9. The smallest absolute Gasteiger partial charge is 0.0369 e. The molecular weight excluding hydrogens is 456 g/mol. The summed E-state index contributed by atoms with van der Waals surface area (Å²) in [4.78, 5) is 2.65. The molecular formula is C29H45BrN2. The fourth-order valence-electron chi connectivity index (χ4n) is 5.34. The van der Waals surface area contributed by atoms with Gasteiger partial charge in [0, 0.05) is 28.7 Å². The quantitative estimate of drug-likeness (QED) is 0.297. The first-order valence-electron chi connectivity index (χ1n) is 12.8. The van der Waals surface area contributed by atoms with Gasteiger partial charge in [-0.1, -0.05) is 94.3 Å². The molecule has 2 nitrogen and oxygen atoms in total. The number of hydrogen-bond acceptors (Lipinski definition) is 2. The van der Waals surface area contributed by atoms with E-state index in [1.54, 1.807) is 11.1 Å². The fourth-order valence-corrected chi connectivity index (χ4v) is 5.70. The van der Waals surface area contributed by atoms with Gasteiger partial charge >= 0.3 is 0 Å². The van der Waals surface area contributed by atoms with Crippen molar-refractivity contribution in [3.8, 4) is 11.1 Å². The second-order valence-electron chi connectivity index (χ2n) is 9.40. The Morgan fingerprint density at radius 2 is 1.19 bits per heavy atom. The van der Waals surface area contributed by atoms with Crippen LogP contribution in [0, 0.1) is 0 Å². The molecule has 2 aromatic carbocycles. The van der Waals surface area contributed by atoms with E-state index in [9.17, 15) is 0 Å². The van der Waals surface area contributed by atoms with E-state index in [1.807, 2.05) is 0 Å². The minimum absolute atomic E-state index is 0. The third-order valence-corrected chi connectivity index (χ3v) is 7.64. The summed E-state index contributed by atoms with van der Waals surface area (Å²) in [6.07, 6.45) is 12.6. The lowest BCUT2D eigenvalue weighted by molar-refractivity contribution is 0.414. The highest BCUT2D eigenvalue weighted by molar-refractivity contribution is 9.10. The maximum absolute atomic E-state index is 3.78. The number of benzene rings is 2. The van der Waals surface area contributed by atoms with Crippen molar-refractivity contribution in [2.24, 2.45) is 0 Å². The molecule has 0 aliphatic heterocycles. The SMILES string of the molecule is CCCCN(CCCC)c1ccc2c(c1)C(CCCC)(CCCC)c1cc(Br)ccc1-2.N. The summed E-state index contributed by atoms with van der Waals surface area (Å²) in [5.74, 6) is 0. The first kappa shape index (κ1) is 26.9. The van der Waals surface area contributed by atoms with E-state index in [1.165, 1.54) is 98.6 Å².